The minimum absolute atomic E-state index is 0.440. The zero-order valence-electron chi connectivity index (χ0n) is 17.2. The summed E-state index contributed by atoms with van der Waals surface area (Å²) in [5.74, 6) is -12.3. The van der Waals surface area contributed by atoms with E-state index in [-0.39, 0.29) is 0 Å². The Morgan fingerprint density at radius 2 is 1.24 bits per heavy atom. The first kappa shape index (κ1) is 26.7. The molecule has 4 N–H and O–H groups in total. The lowest BCUT2D eigenvalue weighted by Crippen LogP contribution is -2.81. The van der Waals surface area contributed by atoms with E-state index in [1.165, 1.54) is 13.8 Å². The van der Waals surface area contributed by atoms with Crippen molar-refractivity contribution in [3.8, 4) is 5.75 Å². The first-order valence-electron chi connectivity index (χ1n) is 9.54. The average Bonchev–Trinajstić information content (AvgIpc) is 2.66. The highest BCUT2D eigenvalue weighted by Gasteiger charge is 2.78. The van der Waals surface area contributed by atoms with Crippen LogP contribution in [0.1, 0.15) is 25.3 Å². The summed E-state index contributed by atoms with van der Waals surface area (Å²) in [6.45, 7) is 1.37. The Hall–Kier alpha value is -2.58. The highest BCUT2D eigenvalue weighted by Crippen LogP contribution is 2.55. The molecule has 186 valence electrons. The lowest BCUT2D eigenvalue weighted by Gasteiger charge is -2.54. The van der Waals surface area contributed by atoms with Crippen molar-refractivity contribution in [1.82, 2.24) is 5.32 Å². The molecule has 14 heteroatoms. The van der Waals surface area contributed by atoms with Crippen molar-refractivity contribution < 1.29 is 60.7 Å². The third-order valence-corrected chi connectivity index (χ3v) is 5.22. The van der Waals surface area contributed by atoms with Crippen LogP contribution in [0.5, 0.6) is 5.75 Å². The minimum Gasteiger partial charge on any atom is -0.508 e. The van der Waals surface area contributed by atoms with E-state index < -0.39 is 78.0 Å². The summed E-state index contributed by atoms with van der Waals surface area (Å²) in [6.07, 6.45) is -11.9. The minimum atomic E-state index is -5.96. The van der Waals surface area contributed by atoms with Gasteiger partial charge in [0.1, 0.15) is 17.6 Å². The number of hydrogen-bond acceptors (Lipinski definition) is 8. The van der Waals surface area contributed by atoms with Crippen molar-refractivity contribution in [2.45, 2.75) is 43.6 Å². The Morgan fingerprint density at radius 1 is 0.879 bits per heavy atom. The number of carbonyl (C=O) groups is 2. The number of carbonyl (C=O) groups excluding carboxylic acids is 2. The van der Waals surface area contributed by atoms with E-state index in [4.69, 9.17) is 0 Å². The highest BCUT2D eigenvalue weighted by atomic mass is 19.4. The first-order chi connectivity index (χ1) is 15.0. The van der Waals surface area contributed by atoms with Gasteiger partial charge in [-0.2, -0.15) is 26.3 Å². The second kappa shape index (κ2) is 8.99. The van der Waals surface area contributed by atoms with Crippen LogP contribution in [0.25, 0.3) is 0 Å². The van der Waals surface area contributed by atoms with Crippen molar-refractivity contribution in [3.05, 3.63) is 29.8 Å². The maximum atomic E-state index is 14.0. The fourth-order valence-corrected chi connectivity index (χ4v) is 3.83. The molecule has 1 heterocycles. The zero-order chi connectivity index (χ0) is 25.4. The third kappa shape index (κ3) is 4.59. The van der Waals surface area contributed by atoms with E-state index in [9.17, 15) is 51.3 Å². The molecule has 1 aliphatic rings. The summed E-state index contributed by atoms with van der Waals surface area (Å²) < 4.78 is 93.1. The van der Waals surface area contributed by atoms with Crippen LogP contribution in [-0.2, 0) is 19.1 Å². The van der Waals surface area contributed by atoms with Crippen LogP contribution in [0.15, 0.2) is 24.3 Å². The molecular formula is C19H21F6NO7. The summed E-state index contributed by atoms with van der Waals surface area (Å²) in [5.41, 5.74) is -9.89. The molecule has 0 saturated carbocycles. The van der Waals surface area contributed by atoms with Crippen molar-refractivity contribution in [1.29, 1.82) is 0 Å². The zero-order valence-corrected chi connectivity index (χ0v) is 17.2. The van der Waals surface area contributed by atoms with Crippen molar-refractivity contribution in [3.63, 3.8) is 0 Å². The van der Waals surface area contributed by atoms with Gasteiger partial charge in [0.05, 0.1) is 13.2 Å². The van der Waals surface area contributed by atoms with Gasteiger partial charge < -0.3 is 24.8 Å². The largest absolute Gasteiger partial charge is 0.508 e. The summed E-state index contributed by atoms with van der Waals surface area (Å²) in [5, 5.41) is 31.1. The summed E-state index contributed by atoms with van der Waals surface area (Å²) in [6, 6.07) is 3.44. The van der Waals surface area contributed by atoms with Gasteiger partial charge in [-0.1, -0.05) is 12.1 Å². The number of aliphatic hydroxyl groups is 2. The molecule has 1 aromatic rings. The number of alkyl halides is 6. The summed E-state index contributed by atoms with van der Waals surface area (Å²) in [7, 11) is 0. The lowest BCUT2D eigenvalue weighted by molar-refractivity contribution is -0.376. The van der Waals surface area contributed by atoms with Crippen molar-refractivity contribution in [2.24, 2.45) is 11.8 Å². The number of rotatable bonds is 5. The number of hydrogen-bond donors (Lipinski definition) is 4. The Morgan fingerprint density at radius 3 is 1.55 bits per heavy atom. The second-order valence-corrected chi connectivity index (χ2v) is 7.23. The topological polar surface area (TPSA) is 125 Å². The maximum absolute atomic E-state index is 14.0. The molecule has 1 aliphatic heterocycles. The van der Waals surface area contributed by atoms with Gasteiger partial charge in [0.25, 0.3) is 0 Å². The Bertz CT molecular complexity index is 827. The molecular weight excluding hydrogens is 468 g/mol. The van der Waals surface area contributed by atoms with Crippen LogP contribution < -0.4 is 5.32 Å². The number of nitrogens with one attached hydrogen (secondary N) is 1. The molecule has 1 aromatic carbocycles. The van der Waals surface area contributed by atoms with Crippen LogP contribution in [0.2, 0.25) is 0 Å². The van der Waals surface area contributed by atoms with E-state index in [2.05, 4.69) is 9.47 Å². The number of halogens is 6. The molecule has 0 spiro atoms. The molecule has 1 fully saturated rings. The molecule has 0 aromatic heterocycles. The van der Waals surface area contributed by atoms with Gasteiger partial charge in [-0.15, -0.1) is 0 Å². The number of piperidine rings is 1. The van der Waals surface area contributed by atoms with E-state index in [0.29, 0.717) is 5.32 Å². The standard InChI is InChI=1S/C19H21F6NO7/c1-3-32-14(28)12-11(9-5-7-10(27)8-6-9)13(15(29)33-4-2)17(31,19(23,24)25)26-16(12,30)18(20,21)22/h5-8,11-13,26-27,30-31H,3-4H2,1-2H3. The Labute approximate surface area is 183 Å². The van der Waals surface area contributed by atoms with Gasteiger partial charge in [-0.3, -0.25) is 9.59 Å². The molecule has 0 aliphatic carbocycles. The van der Waals surface area contributed by atoms with E-state index in [0.717, 1.165) is 24.3 Å². The molecule has 4 atom stereocenters. The Balaban J connectivity index is 2.95. The number of esters is 2. The van der Waals surface area contributed by atoms with Gasteiger partial charge in [0.2, 0.25) is 11.4 Å². The number of phenolic OH excluding ortho intramolecular Hbond substituents is 1. The Kier molecular flexibility index (Phi) is 7.26. The van der Waals surface area contributed by atoms with Gasteiger partial charge in [-0.25, -0.2) is 5.32 Å². The van der Waals surface area contributed by atoms with Crippen LogP contribution >= 0.6 is 0 Å². The summed E-state index contributed by atoms with van der Waals surface area (Å²) >= 11 is 0. The van der Waals surface area contributed by atoms with Gasteiger partial charge >= 0.3 is 24.3 Å². The molecule has 4 unspecified atom stereocenters. The lowest BCUT2D eigenvalue weighted by atomic mass is 9.64. The third-order valence-electron chi connectivity index (χ3n) is 5.22. The SMILES string of the molecule is CCOC(=O)C1C(c2ccc(O)cc2)C(C(=O)OCC)C(O)(C(F)(F)F)NC1(O)C(F)(F)F. The van der Waals surface area contributed by atoms with Crippen molar-refractivity contribution in [2.75, 3.05) is 13.2 Å². The first-order valence-corrected chi connectivity index (χ1v) is 9.54. The average molecular weight is 489 g/mol. The van der Waals surface area contributed by atoms with Crippen LogP contribution in [0.4, 0.5) is 26.3 Å². The van der Waals surface area contributed by atoms with Gasteiger partial charge in [0, 0.05) is 5.92 Å². The number of ether oxygens (including phenoxy) is 2. The van der Waals surface area contributed by atoms with Crippen molar-refractivity contribution >= 4 is 11.9 Å². The van der Waals surface area contributed by atoms with E-state index in [1.807, 2.05) is 0 Å². The number of aromatic hydroxyl groups is 1. The van der Waals surface area contributed by atoms with Crippen LogP contribution in [0.3, 0.4) is 0 Å². The quantitative estimate of drug-likeness (QED) is 0.366. The monoisotopic (exact) mass is 489 g/mol. The maximum Gasteiger partial charge on any atom is 0.432 e. The second-order valence-electron chi connectivity index (χ2n) is 7.23. The molecule has 0 radical (unpaired) electrons. The fraction of sp³-hybridized carbons (Fsp3) is 0.579. The normalized spacial score (nSPS) is 30.5. The van der Waals surface area contributed by atoms with Crippen LogP contribution in [-0.4, -0.2) is 64.3 Å². The highest BCUT2D eigenvalue weighted by molar-refractivity contribution is 5.81. The molecule has 0 amide bonds. The molecule has 0 bridgehead atoms. The predicted molar refractivity (Wildman–Crippen MR) is 96.2 cm³/mol. The molecule has 2 rings (SSSR count). The van der Waals surface area contributed by atoms with Crippen LogP contribution in [0, 0.1) is 11.8 Å². The smallest absolute Gasteiger partial charge is 0.432 e. The van der Waals surface area contributed by atoms with E-state index in [1.54, 1.807) is 0 Å². The van der Waals surface area contributed by atoms with E-state index >= 15 is 0 Å². The predicted octanol–water partition coefficient (Wildman–Crippen LogP) is 1.94. The van der Waals surface area contributed by atoms with Gasteiger partial charge in [-0.05, 0) is 31.5 Å². The molecule has 8 nitrogen and oxygen atoms in total. The fourth-order valence-electron chi connectivity index (χ4n) is 3.83. The summed E-state index contributed by atoms with van der Waals surface area (Å²) in [4.78, 5) is 25.2. The number of phenols is 1. The molecule has 1 saturated heterocycles. The van der Waals surface area contributed by atoms with Gasteiger partial charge in [0.15, 0.2) is 0 Å². The number of benzene rings is 1. The molecule has 33 heavy (non-hydrogen) atoms.